The van der Waals surface area contributed by atoms with Gasteiger partial charge >= 0.3 is 0 Å². The Labute approximate surface area is 149 Å². The Bertz CT molecular complexity index is 906. The van der Waals surface area contributed by atoms with Crippen LogP contribution in [0.4, 0.5) is 4.39 Å². The van der Waals surface area contributed by atoms with Crippen LogP contribution in [-0.2, 0) is 6.54 Å². The fourth-order valence-electron chi connectivity index (χ4n) is 2.57. The number of rotatable bonds is 5. The molecule has 0 aliphatic carbocycles. The van der Waals surface area contributed by atoms with Gasteiger partial charge in [-0.05, 0) is 23.6 Å². The number of ketones is 1. The maximum atomic E-state index is 13.8. The van der Waals surface area contributed by atoms with Crippen LogP contribution in [0.3, 0.4) is 0 Å². The van der Waals surface area contributed by atoms with Crippen LogP contribution in [0.2, 0.25) is 0 Å². The van der Waals surface area contributed by atoms with Gasteiger partial charge in [0.25, 0.3) is 5.91 Å². The molecule has 1 heterocycles. The first-order valence-electron chi connectivity index (χ1n) is 7.74. The third-order valence-corrected chi connectivity index (χ3v) is 4.73. The zero-order valence-electron chi connectivity index (χ0n) is 13.6. The molecule has 1 amide bonds. The highest BCUT2D eigenvalue weighted by atomic mass is 32.1. The molecule has 0 aliphatic heterocycles. The lowest BCUT2D eigenvalue weighted by molar-refractivity contribution is 0.0779. The molecule has 0 fully saturated rings. The Morgan fingerprint density at radius 2 is 1.64 bits per heavy atom. The Morgan fingerprint density at radius 3 is 2.32 bits per heavy atom. The Kier molecular flexibility index (Phi) is 5.05. The molecule has 0 saturated carbocycles. The van der Waals surface area contributed by atoms with Crippen LogP contribution in [-0.4, -0.2) is 23.6 Å². The lowest BCUT2D eigenvalue weighted by Gasteiger charge is -2.19. The van der Waals surface area contributed by atoms with E-state index in [4.69, 9.17) is 0 Å². The standard InChI is InChI=1S/C20H16FNO2S/c1-22(13-14-7-2-5-10-17(14)21)20(24)16-9-4-3-8-15(16)19(23)18-11-6-12-25-18/h2-12H,13H2,1H3. The summed E-state index contributed by atoms with van der Waals surface area (Å²) in [6.07, 6.45) is 0. The highest BCUT2D eigenvalue weighted by molar-refractivity contribution is 7.12. The van der Waals surface area contributed by atoms with Crippen LogP contribution >= 0.6 is 11.3 Å². The fourth-order valence-corrected chi connectivity index (χ4v) is 3.25. The van der Waals surface area contributed by atoms with Crippen LogP contribution in [0.5, 0.6) is 0 Å². The summed E-state index contributed by atoms with van der Waals surface area (Å²) in [6, 6.07) is 16.6. The van der Waals surface area contributed by atoms with Gasteiger partial charge in [-0.1, -0.05) is 42.5 Å². The quantitative estimate of drug-likeness (QED) is 0.638. The zero-order valence-corrected chi connectivity index (χ0v) is 14.4. The highest BCUT2D eigenvalue weighted by Crippen LogP contribution is 2.20. The van der Waals surface area contributed by atoms with E-state index in [1.165, 1.54) is 22.3 Å². The van der Waals surface area contributed by atoms with E-state index in [1.54, 1.807) is 61.6 Å². The molecular weight excluding hydrogens is 337 g/mol. The van der Waals surface area contributed by atoms with E-state index in [1.807, 2.05) is 5.38 Å². The van der Waals surface area contributed by atoms with Gasteiger partial charge in [0.2, 0.25) is 5.78 Å². The van der Waals surface area contributed by atoms with Crippen LogP contribution < -0.4 is 0 Å². The number of hydrogen-bond donors (Lipinski definition) is 0. The van der Waals surface area contributed by atoms with E-state index in [2.05, 4.69) is 0 Å². The van der Waals surface area contributed by atoms with Gasteiger partial charge in [0.1, 0.15) is 5.82 Å². The predicted molar refractivity (Wildman–Crippen MR) is 96.4 cm³/mol. The number of thiophene rings is 1. The molecule has 0 unspecified atom stereocenters. The average Bonchev–Trinajstić information content (AvgIpc) is 3.17. The maximum absolute atomic E-state index is 13.8. The molecule has 0 spiro atoms. The van der Waals surface area contributed by atoms with Crippen molar-refractivity contribution in [2.75, 3.05) is 7.05 Å². The van der Waals surface area contributed by atoms with Crippen molar-refractivity contribution >= 4 is 23.0 Å². The number of halogens is 1. The fraction of sp³-hybridized carbons (Fsp3) is 0.100. The molecule has 3 aromatic rings. The number of benzene rings is 2. The van der Waals surface area contributed by atoms with Crippen LogP contribution in [0, 0.1) is 5.82 Å². The first-order valence-corrected chi connectivity index (χ1v) is 8.62. The maximum Gasteiger partial charge on any atom is 0.254 e. The third kappa shape index (κ3) is 3.67. The molecular formula is C20H16FNO2S. The van der Waals surface area contributed by atoms with Crippen molar-refractivity contribution in [2.45, 2.75) is 6.54 Å². The van der Waals surface area contributed by atoms with Gasteiger partial charge < -0.3 is 4.90 Å². The summed E-state index contributed by atoms with van der Waals surface area (Å²) in [5, 5.41) is 1.82. The van der Waals surface area contributed by atoms with E-state index in [-0.39, 0.29) is 24.1 Å². The number of amides is 1. The van der Waals surface area contributed by atoms with Crippen molar-refractivity contribution < 1.29 is 14.0 Å². The molecule has 3 rings (SSSR count). The van der Waals surface area contributed by atoms with Crippen LogP contribution in [0.25, 0.3) is 0 Å². The molecule has 0 radical (unpaired) electrons. The van der Waals surface area contributed by atoms with Gasteiger partial charge in [0.05, 0.1) is 10.4 Å². The van der Waals surface area contributed by atoms with Gasteiger partial charge in [0.15, 0.2) is 0 Å². The van der Waals surface area contributed by atoms with Gasteiger partial charge in [-0.3, -0.25) is 9.59 Å². The molecule has 3 nitrogen and oxygen atoms in total. The summed E-state index contributed by atoms with van der Waals surface area (Å²) < 4.78 is 13.8. The number of carbonyl (C=O) groups is 2. The molecule has 0 N–H and O–H groups in total. The first-order chi connectivity index (χ1) is 12.1. The van der Waals surface area contributed by atoms with Gasteiger partial charge in [-0.15, -0.1) is 11.3 Å². The van der Waals surface area contributed by atoms with E-state index in [0.29, 0.717) is 21.6 Å². The third-order valence-electron chi connectivity index (χ3n) is 3.86. The number of hydrogen-bond acceptors (Lipinski definition) is 3. The van der Waals surface area contributed by atoms with Crippen molar-refractivity contribution in [3.05, 3.63) is 93.4 Å². The van der Waals surface area contributed by atoms with Crippen molar-refractivity contribution in [1.82, 2.24) is 4.90 Å². The molecule has 25 heavy (non-hydrogen) atoms. The van der Waals surface area contributed by atoms with Crippen LogP contribution in [0.1, 0.15) is 31.2 Å². The molecule has 0 atom stereocenters. The average molecular weight is 353 g/mol. The lowest BCUT2D eigenvalue weighted by atomic mass is 10.0. The highest BCUT2D eigenvalue weighted by Gasteiger charge is 2.21. The minimum atomic E-state index is -0.356. The molecule has 2 aromatic carbocycles. The lowest BCUT2D eigenvalue weighted by Crippen LogP contribution is -2.28. The topological polar surface area (TPSA) is 37.4 Å². The van der Waals surface area contributed by atoms with E-state index in [0.717, 1.165) is 0 Å². The first kappa shape index (κ1) is 17.0. The largest absolute Gasteiger partial charge is 0.337 e. The van der Waals surface area contributed by atoms with Crippen molar-refractivity contribution in [2.24, 2.45) is 0 Å². The van der Waals surface area contributed by atoms with E-state index >= 15 is 0 Å². The summed E-state index contributed by atoms with van der Waals surface area (Å²) in [7, 11) is 1.60. The summed E-state index contributed by atoms with van der Waals surface area (Å²) in [4.78, 5) is 27.5. The van der Waals surface area contributed by atoms with Crippen molar-refractivity contribution in [1.29, 1.82) is 0 Å². The zero-order chi connectivity index (χ0) is 17.8. The minimum absolute atomic E-state index is 0.132. The Morgan fingerprint density at radius 1 is 0.960 bits per heavy atom. The molecule has 5 heteroatoms. The SMILES string of the molecule is CN(Cc1ccccc1F)C(=O)c1ccccc1C(=O)c1cccs1. The minimum Gasteiger partial charge on any atom is -0.337 e. The monoisotopic (exact) mass is 353 g/mol. The van der Waals surface area contributed by atoms with E-state index in [9.17, 15) is 14.0 Å². The predicted octanol–water partition coefficient (Wildman–Crippen LogP) is 4.39. The molecule has 0 bridgehead atoms. The summed E-state index contributed by atoms with van der Waals surface area (Å²) >= 11 is 1.34. The van der Waals surface area contributed by atoms with E-state index < -0.39 is 0 Å². The second-order valence-corrected chi connectivity index (χ2v) is 6.55. The normalized spacial score (nSPS) is 10.5. The summed E-state index contributed by atoms with van der Waals surface area (Å²) in [5.41, 5.74) is 1.11. The van der Waals surface area contributed by atoms with Crippen molar-refractivity contribution in [3.8, 4) is 0 Å². The summed E-state index contributed by atoms with van der Waals surface area (Å²) in [5.74, 6) is -0.855. The second-order valence-electron chi connectivity index (χ2n) is 5.60. The number of nitrogens with zero attached hydrogens (tertiary/aromatic N) is 1. The summed E-state index contributed by atoms with van der Waals surface area (Å²) in [6.45, 7) is 0.132. The molecule has 0 aliphatic rings. The Hall–Kier alpha value is -2.79. The molecule has 1 aromatic heterocycles. The van der Waals surface area contributed by atoms with Gasteiger partial charge in [-0.2, -0.15) is 0 Å². The molecule has 126 valence electrons. The van der Waals surface area contributed by atoms with Crippen molar-refractivity contribution in [3.63, 3.8) is 0 Å². The van der Waals surface area contributed by atoms with Crippen LogP contribution in [0.15, 0.2) is 66.0 Å². The smallest absolute Gasteiger partial charge is 0.254 e. The van der Waals surface area contributed by atoms with Gasteiger partial charge in [-0.25, -0.2) is 4.39 Å². The second kappa shape index (κ2) is 7.40. The number of carbonyl (C=O) groups excluding carboxylic acids is 2. The Balaban J connectivity index is 1.87. The molecule has 0 saturated heterocycles. The van der Waals surface area contributed by atoms with Gasteiger partial charge in [0, 0.05) is 24.7 Å².